The molecule has 1 atom stereocenters. The first-order valence-electron chi connectivity index (χ1n) is 8.45. The van der Waals surface area contributed by atoms with Gasteiger partial charge < -0.3 is 4.52 Å². The molecule has 0 amide bonds. The smallest absolute Gasteiger partial charge is 0.261 e. The van der Waals surface area contributed by atoms with Crippen molar-refractivity contribution in [1.82, 2.24) is 19.4 Å². The fraction of sp³-hybridized carbons (Fsp3) is 0.353. The fourth-order valence-corrected chi connectivity index (χ4v) is 5.93. The number of rotatable bonds is 4. The van der Waals surface area contributed by atoms with E-state index in [-0.39, 0.29) is 10.9 Å². The summed E-state index contributed by atoms with van der Waals surface area (Å²) >= 11 is 4.72. The summed E-state index contributed by atoms with van der Waals surface area (Å²) < 4.78 is 33.8. The van der Waals surface area contributed by atoms with E-state index in [4.69, 9.17) is 4.52 Å². The maximum absolute atomic E-state index is 13.1. The monoisotopic (exact) mass is 468 g/mol. The first kappa shape index (κ1) is 18.7. The molecule has 2 aromatic heterocycles. The van der Waals surface area contributed by atoms with Crippen LogP contribution in [0.3, 0.4) is 0 Å². The number of hydrogen-bond acceptors (Lipinski definition) is 7. The highest BCUT2D eigenvalue weighted by Crippen LogP contribution is 2.32. The molecule has 1 aromatic carbocycles. The van der Waals surface area contributed by atoms with E-state index in [1.54, 1.807) is 12.3 Å². The van der Waals surface area contributed by atoms with Crippen molar-refractivity contribution in [1.29, 1.82) is 0 Å². The SMILES string of the molecule is Cc1noc(C2CCCN(S(=O)(=O)c3csc(-c4ccc(Br)cc4)n3)C2)n1. The Labute approximate surface area is 169 Å². The van der Waals surface area contributed by atoms with Gasteiger partial charge in [0.05, 0.1) is 5.92 Å². The highest BCUT2D eigenvalue weighted by Gasteiger charge is 2.34. The van der Waals surface area contributed by atoms with Gasteiger partial charge in [0.15, 0.2) is 10.9 Å². The summed E-state index contributed by atoms with van der Waals surface area (Å²) in [6.07, 6.45) is 1.57. The quantitative estimate of drug-likeness (QED) is 0.577. The topological polar surface area (TPSA) is 89.2 Å². The highest BCUT2D eigenvalue weighted by molar-refractivity contribution is 9.10. The van der Waals surface area contributed by atoms with E-state index in [1.807, 2.05) is 24.3 Å². The number of aromatic nitrogens is 3. The molecule has 4 rings (SSSR count). The van der Waals surface area contributed by atoms with Gasteiger partial charge in [0.2, 0.25) is 5.89 Å². The molecule has 1 aliphatic rings. The average molecular weight is 469 g/mol. The number of halogens is 1. The number of aryl methyl sites for hydroxylation is 1. The third-order valence-electron chi connectivity index (χ3n) is 4.46. The summed E-state index contributed by atoms with van der Waals surface area (Å²) in [6.45, 7) is 2.55. The molecule has 27 heavy (non-hydrogen) atoms. The average Bonchev–Trinajstić information content (AvgIpc) is 3.32. The minimum Gasteiger partial charge on any atom is -0.339 e. The van der Waals surface area contributed by atoms with Crippen LogP contribution in [0.2, 0.25) is 0 Å². The Bertz CT molecular complexity index is 1050. The van der Waals surface area contributed by atoms with Crippen molar-refractivity contribution in [2.75, 3.05) is 13.1 Å². The van der Waals surface area contributed by atoms with Crippen molar-refractivity contribution in [2.24, 2.45) is 0 Å². The molecule has 0 saturated carbocycles. The zero-order valence-electron chi connectivity index (χ0n) is 14.5. The summed E-state index contributed by atoms with van der Waals surface area (Å²) in [5, 5.41) is 6.19. The standard InChI is InChI=1S/C17H17BrN4O3S2/c1-11-19-16(25-21-11)13-3-2-8-22(9-13)27(23,24)15-10-26-17(20-15)12-4-6-14(18)7-5-12/h4-7,10,13H,2-3,8-9H2,1H3. The van der Waals surface area contributed by atoms with Gasteiger partial charge >= 0.3 is 0 Å². The van der Waals surface area contributed by atoms with Crippen molar-refractivity contribution in [3.8, 4) is 10.6 Å². The number of hydrogen-bond donors (Lipinski definition) is 0. The molecule has 142 valence electrons. The zero-order valence-corrected chi connectivity index (χ0v) is 17.7. The lowest BCUT2D eigenvalue weighted by molar-refractivity contribution is 0.265. The van der Waals surface area contributed by atoms with Gasteiger partial charge in [-0.25, -0.2) is 13.4 Å². The van der Waals surface area contributed by atoms with Gasteiger partial charge in [-0.2, -0.15) is 9.29 Å². The van der Waals surface area contributed by atoms with Gasteiger partial charge in [-0.3, -0.25) is 0 Å². The second-order valence-electron chi connectivity index (χ2n) is 6.38. The van der Waals surface area contributed by atoms with E-state index in [2.05, 4.69) is 31.1 Å². The van der Waals surface area contributed by atoms with E-state index in [9.17, 15) is 8.42 Å². The van der Waals surface area contributed by atoms with Crippen LogP contribution in [0.4, 0.5) is 0 Å². The van der Waals surface area contributed by atoms with Crippen molar-refractivity contribution >= 4 is 37.3 Å². The van der Waals surface area contributed by atoms with Gasteiger partial charge in [0, 0.05) is 28.5 Å². The summed E-state index contributed by atoms with van der Waals surface area (Å²) in [5.74, 6) is 0.976. The molecule has 0 bridgehead atoms. The van der Waals surface area contributed by atoms with E-state index < -0.39 is 10.0 Å². The predicted molar refractivity (Wildman–Crippen MR) is 105 cm³/mol. The molecule has 3 heterocycles. The summed E-state index contributed by atoms with van der Waals surface area (Å²) in [6, 6.07) is 7.64. The van der Waals surface area contributed by atoms with Gasteiger partial charge in [-0.05, 0) is 31.9 Å². The molecule has 7 nitrogen and oxygen atoms in total. The van der Waals surface area contributed by atoms with E-state index in [0.717, 1.165) is 22.9 Å². The normalized spacial score (nSPS) is 18.7. The van der Waals surface area contributed by atoms with Crippen molar-refractivity contribution in [3.63, 3.8) is 0 Å². The molecule has 1 saturated heterocycles. The van der Waals surface area contributed by atoms with Crippen LogP contribution in [0.25, 0.3) is 10.6 Å². The lowest BCUT2D eigenvalue weighted by atomic mass is 10.00. The number of piperidine rings is 1. The van der Waals surface area contributed by atoms with Crippen molar-refractivity contribution in [3.05, 3.63) is 45.8 Å². The number of sulfonamides is 1. The van der Waals surface area contributed by atoms with Crippen LogP contribution in [0.15, 0.2) is 43.7 Å². The molecule has 3 aromatic rings. The van der Waals surface area contributed by atoms with Crippen LogP contribution < -0.4 is 0 Å². The first-order valence-corrected chi connectivity index (χ1v) is 11.6. The molecular formula is C17H17BrN4O3S2. The van der Waals surface area contributed by atoms with E-state index >= 15 is 0 Å². The van der Waals surface area contributed by atoms with Crippen LogP contribution in [-0.2, 0) is 10.0 Å². The van der Waals surface area contributed by atoms with Gasteiger partial charge in [0.1, 0.15) is 5.01 Å². The van der Waals surface area contributed by atoms with Gasteiger partial charge in [-0.1, -0.05) is 33.2 Å². The molecule has 0 spiro atoms. The van der Waals surface area contributed by atoms with Gasteiger partial charge in [0.25, 0.3) is 10.0 Å². The van der Waals surface area contributed by atoms with Crippen molar-refractivity contribution in [2.45, 2.75) is 30.7 Å². The molecule has 1 fully saturated rings. The second kappa shape index (κ2) is 7.42. The van der Waals surface area contributed by atoms with E-state index in [1.165, 1.54) is 15.6 Å². The summed E-state index contributed by atoms with van der Waals surface area (Å²) in [5.41, 5.74) is 0.891. The Morgan fingerprint density at radius 2 is 2.04 bits per heavy atom. The fourth-order valence-electron chi connectivity index (χ4n) is 3.08. The lowest BCUT2D eigenvalue weighted by Gasteiger charge is -2.29. The maximum atomic E-state index is 13.1. The minimum absolute atomic E-state index is 0.0840. The van der Waals surface area contributed by atoms with Crippen LogP contribution >= 0.6 is 27.3 Å². The zero-order chi connectivity index (χ0) is 19.0. The Balaban J connectivity index is 1.57. The summed E-state index contributed by atoms with van der Waals surface area (Å²) in [4.78, 5) is 8.64. The van der Waals surface area contributed by atoms with Crippen LogP contribution in [-0.4, -0.2) is 40.9 Å². The molecule has 1 unspecified atom stereocenters. The molecular weight excluding hydrogens is 452 g/mol. The summed E-state index contributed by atoms with van der Waals surface area (Å²) in [7, 11) is -3.66. The minimum atomic E-state index is -3.66. The number of benzene rings is 1. The third kappa shape index (κ3) is 3.84. The van der Waals surface area contributed by atoms with Crippen LogP contribution in [0.5, 0.6) is 0 Å². The highest BCUT2D eigenvalue weighted by atomic mass is 79.9. The predicted octanol–water partition coefficient (Wildman–Crippen LogP) is 3.83. The van der Waals surface area contributed by atoms with Crippen LogP contribution in [0.1, 0.15) is 30.5 Å². The second-order valence-corrected chi connectivity index (χ2v) is 10.0. The van der Waals surface area contributed by atoms with Crippen LogP contribution in [0, 0.1) is 6.92 Å². The largest absolute Gasteiger partial charge is 0.339 e. The Morgan fingerprint density at radius 3 is 2.74 bits per heavy atom. The molecule has 10 heteroatoms. The third-order valence-corrected chi connectivity index (χ3v) is 7.77. The molecule has 1 aliphatic heterocycles. The van der Waals surface area contributed by atoms with Gasteiger partial charge in [-0.15, -0.1) is 11.3 Å². The molecule has 0 radical (unpaired) electrons. The molecule has 0 aliphatic carbocycles. The Kier molecular flexibility index (Phi) is 5.15. The maximum Gasteiger partial charge on any atom is 0.261 e. The Hall–Kier alpha value is -1.62. The number of thiazole rings is 1. The van der Waals surface area contributed by atoms with Crippen molar-refractivity contribution < 1.29 is 12.9 Å². The molecule has 0 N–H and O–H groups in total. The Morgan fingerprint density at radius 1 is 1.26 bits per heavy atom. The van der Waals surface area contributed by atoms with E-state index in [0.29, 0.717) is 29.8 Å². The lowest BCUT2D eigenvalue weighted by Crippen LogP contribution is -2.39. The number of nitrogens with zero attached hydrogens (tertiary/aromatic N) is 4. The first-order chi connectivity index (χ1) is 12.9.